The quantitative estimate of drug-likeness (QED) is 0.525. The lowest BCUT2D eigenvalue weighted by Gasteiger charge is -2.09. The fourth-order valence-corrected chi connectivity index (χ4v) is 3.59. The number of aliphatic carboxylic acids is 1. The highest BCUT2D eigenvalue weighted by molar-refractivity contribution is 6.19. The van der Waals surface area contributed by atoms with Crippen LogP contribution in [0.15, 0.2) is 60.7 Å². The molecular weight excluding hydrogens is 375 g/mol. The van der Waals surface area contributed by atoms with Crippen LogP contribution in [0.4, 0.5) is 4.39 Å². The molecule has 29 heavy (non-hydrogen) atoms. The van der Waals surface area contributed by atoms with Crippen LogP contribution in [0.3, 0.4) is 0 Å². The van der Waals surface area contributed by atoms with Crippen LogP contribution in [0, 0.1) is 5.82 Å². The second-order valence-corrected chi connectivity index (χ2v) is 6.57. The molecule has 4 rings (SSSR count). The number of hydrogen-bond donors (Lipinski definition) is 2. The van der Waals surface area contributed by atoms with Gasteiger partial charge >= 0.3 is 5.97 Å². The number of aromatic nitrogens is 1. The van der Waals surface area contributed by atoms with Crippen molar-refractivity contribution in [2.24, 2.45) is 5.73 Å². The third kappa shape index (κ3) is 3.27. The van der Waals surface area contributed by atoms with Crippen LogP contribution in [0.2, 0.25) is 0 Å². The van der Waals surface area contributed by atoms with Gasteiger partial charge < -0.3 is 20.1 Å². The Bertz CT molecular complexity index is 1260. The van der Waals surface area contributed by atoms with Crippen molar-refractivity contribution in [2.45, 2.75) is 6.54 Å². The SMILES string of the molecule is NC(=O)c1cccc2c1c1c(OCC(=O)O)cccc1n2Cc1ccccc1F. The van der Waals surface area contributed by atoms with E-state index in [1.807, 2.05) is 16.7 Å². The fraction of sp³-hybridized carbons (Fsp3) is 0.0909. The summed E-state index contributed by atoms with van der Waals surface area (Å²) in [5.74, 6) is -1.76. The molecule has 0 bridgehead atoms. The molecule has 0 atom stereocenters. The third-order valence-corrected chi connectivity index (χ3v) is 4.78. The largest absolute Gasteiger partial charge is 0.481 e. The predicted molar refractivity (Wildman–Crippen MR) is 107 cm³/mol. The lowest BCUT2D eigenvalue weighted by Crippen LogP contribution is -2.11. The van der Waals surface area contributed by atoms with Crippen LogP contribution in [0.5, 0.6) is 5.75 Å². The number of carbonyl (C=O) groups excluding carboxylic acids is 1. The standard InChI is InChI=1S/C22H17FN2O4/c23-15-7-2-1-5-13(15)11-25-16-8-3-6-14(22(24)28)20(16)21-17(25)9-4-10-18(21)29-12-19(26)27/h1-10H,11-12H2,(H2,24,28)(H,26,27). The Morgan fingerprint density at radius 1 is 0.966 bits per heavy atom. The smallest absolute Gasteiger partial charge is 0.341 e. The first-order valence-electron chi connectivity index (χ1n) is 8.89. The van der Waals surface area contributed by atoms with Crippen LogP contribution >= 0.6 is 0 Å². The van der Waals surface area contributed by atoms with Gasteiger partial charge in [0.2, 0.25) is 5.91 Å². The third-order valence-electron chi connectivity index (χ3n) is 4.78. The Balaban J connectivity index is 2.03. The average Bonchev–Trinajstić information content (AvgIpc) is 3.02. The summed E-state index contributed by atoms with van der Waals surface area (Å²) in [5.41, 5.74) is 7.70. The van der Waals surface area contributed by atoms with E-state index in [1.54, 1.807) is 42.5 Å². The predicted octanol–water partition coefficient (Wildman–Crippen LogP) is 3.54. The summed E-state index contributed by atoms with van der Waals surface area (Å²) in [5, 5.41) is 10.1. The van der Waals surface area contributed by atoms with Crippen LogP contribution < -0.4 is 10.5 Å². The molecule has 7 heteroatoms. The number of halogens is 1. The van der Waals surface area contributed by atoms with E-state index in [9.17, 15) is 14.0 Å². The number of amides is 1. The van der Waals surface area contributed by atoms with Gasteiger partial charge in [-0.05, 0) is 30.3 Å². The molecule has 0 radical (unpaired) electrons. The molecule has 0 aliphatic rings. The van der Waals surface area contributed by atoms with Crippen molar-refractivity contribution in [1.82, 2.24) is 4.57 Å². The molecule has 0 aliphatic heterocycles. The first-order valence-corrected chi connectivity index (χ1v) is 8.89. The molecule has 0 unspecified atom stereocenters. The van der Waals surface area contributed by atoms with Gasteiger partial charge in [-0.2, -0.15) is 0 Å². The zero-order chi connectivity index (χ0) is 20.5. The molecule has 0 saturated heterocycles. The number of ether oxygens (including phenoxy) is 1. The van der Waals surface area contributed by atoms with Crippen molar-refractivity contribution >= 4 is 33.7 Å². The Morgan fingerprint density at radius 2 is 1.66 bits per heavy atom. The number of primary amides is 1. The lowest BCUT2D eigenvalue weighted by molar-refractivity contribution is -0.139. The van der Waals surface area contributed by atoms with Crippen LogP contribution in [-0.4, -0.2) is 28.2 Å². The molecule has 1 heterocycles. The molecule has 0 aliphatic carbocycles. The highest BCUT2D eigenvalue weighted by Crippen LogP contribution is 2.38. The summed E-state index contributed by atoms with van der Waals surface area (Å²) in [6.07, 6.45) is 0. The number of rotatable bonds is 6. The Hall–Kier alpha value is -3.87. The van der Waals surface area contributed by atoms with Gasteiger partial charge in [0.25, 0.3) is 0 Å². The summed E-state index contributed by atoms with van der Waals surface area (Å²) >= 11 is 0. The first-order chi connectivity index (χ1) is 14.0. The average molecular weight is 392 g/mol. The highest BCUT2D eigenvalue weighted by Gasteiger charge is 2.20. The maximum Gasteiger partial charge on any atom is 0.341 e. The number of hydrogen-bond acceptors (Lipinski definition) is 3. The molecule has 0 saturated carbocycles. The van der Waals surface area contributed by atoms with Crippen molar-refractivity contribution in [1.29, 1.82) is 0 Å². The number of carboxylic acid groups (broad SMARTS) is 1. The van der Waals surface area contributed by atoms with E-state index < -0.39 is 18.5 Å². The minimum Gasteiger partial charge on any atom is -0.481 e. The second-order valence-electron chi connectivity index (χ2n) is 6.57. The summed E-state index contributed by atoms with van der Waals surface area (Å²) in [7, 11) is 0. The van der Waals surface area contributed by atoms with Crippen molar-refractivity contribution in [3.05, 3.63) is 77.6 Å². The number of nitrogens with zero attached hydrogens (tertiary/aromatic N) is 1. The Labute approximate surface area is 164 Å². The Kier molecular flexibility index (Phi) is 4.64. The van der Waals surface area contributed by atoms with Gasteiger partial charge in [-0.1, -0.05) is 30.3 Å². The van der Waals surface area contributed by atoms with E-state index in [4.69, 9.17) is 15.6 Å². The molecule has 146 valence electrons. The zero-order valence-corrected chi connectivity index (χ0v) is 15.3. The van der Waals surface area contributed by atoms with Crippen molar-refractivity contribution in [3.8, 4) is 5.75 Å². The molecule has 1 amide bonds. The van der Waals surface area contributed by atoms with Gasteiger partial charge in [-0.3, -0.25) is 4.79 Å². The number of nitrogens with two attached hydrogens (primary N) is 1. The van der Waals surface area contributed by atoms with Gasteiger partial charge in [-0.25, -0.2) is 9.18 Å². The molecule has 3 aromatic carbocycles. The van der Waals surface area contributed by atoms with Gasteiger partial charge in [0.05, 0.1) is 23.0 Å². The number of carbonyl (C=O) groups is 2. The molecular formula is C22H17FN2O4. The van der Waals surface area contributed by atoms with E-state index in [0.29, 0.717) is 33.1 Å². The Morgan fingerprint density at radius 3 is 2.34 bits per heavy atom. The summed E-state index contributed by atoms with van der Waals surface area (Å²) in [6.45, 7) is -0.310. The molecule has 4 aromatic rings. The van der Waals surface area contributed by atoms with Crippen molar-refractivity contribution in [2.75, 3.05) is 6.61 Å². The topological polar surface area (TPSA) is 94.6 Å². The van der Waals surface area contributed by atoms with Crippen LogP contribution in [0.1, 0.15) is 15.9 Å². The first kappa shape index (κ1) is 18.5. The van der Waals surface area contributed by atoms with E-state index in [2.05, 4.69) is 0 Å². The van der Waals surface area contributed by atoms with Crippen LogP contribution in [-0.2, 0) is 11.3 Å². The van der Waals surface area contributed by atoms with Gasteiger partial charge in [0, 0.05) is 16.5 Å². The number of carboxylic acids is 1. The highest BCUT2D eigenvalue weighted by atomic mass is 19.1. The summed E-state index contributed by atoms with van der Waals surface area (Å²) in [6, 6.07) is 16.7. The molecule has 0 fully saturated rings. The molecule has 3 N–H and O–H groups in total. The van der Waals surface area contributed by atoms with Gasteiger partial charge in [-0.15, -0.1) is 0 Å². The minimum atomic E-state index is -1.12. The van der Waals surface area contributed by atoms with E-state index in [0.717, 1.165) is 0 Å². The number of benzene rings is 3. The van der Waals surface area contributed by atoms with E-state index in [1.165, 1.54) is 6.07 Å². The van der Waals surface area contributed by atoms with Crippen molar-refractivity contribution in [3.63, 3.8) is 0 Å². The van der Waals surface area contributed by atoms with Gasteiger partial charge in [0.15, 0.2) is 6.61 Å². The normalized spacial score (nSPS) is 11.1. The van der Waals surface area contributed by atoms with E-state index in [-0.39, 0.29) is 17.9 Å². The van der Waals surface area contributed by atoms with E-state index >= 15 is 0 Å². The molecule has 0 spiro atoms. The monoisotopic (exact) mass is 392 g/mol. The maximum absolute atomic E-state index is 14.3. The fourth-order valence-electron chi connectivity index (χ4n) is 3.59. The minimum absolute atomic E-state index is 0.220. The maximum atomic E-state index is 14.3. The number of fused-ring (bicyclic) bond motifs is 3. The lowest BCUT2D eigenvalue weighted by atomic mass is 10.1. The van der Waals surface area contributed by atoms with Crippen molar-refractivity contribution < 1.29 is 23.8 Å². The van der Waals surface area contributed by atoms with Crippen LogP contribution in [0.25, 0.3) is 21.8 Å². The second kappa shape index (κ2) is 7.27. The summed E-state index contributed by atoms with van der Waals surface area (Å²) < 4.78 is 21.6. The molecule has 1 aromatic heterocycles. The van der Waals surface area contributed by atoms with Gasteiger partial charge in [0.1, 0.15) is 11.6 Å². The molecule has 6 nitrogen and oxygen atoms in total. The summed E-state index contributed by atoms with van der Waals surface area (Å²) in [4.78, 5) is 23.1. The zero-order valence-electron chi connectivity index (χ0n) is 15.3.